The fourth-order valence-corrected chi connectivity index (χ4v) is 1.22. The minimum Gasteiger partial charge on any atom is -0.395 e. The highest BCUT2D eigenvalue weighted by Crippen LogP contribution is 2.17. The van der Waals surface area contributed by atoms with Gasteiger partial charge in [-0.15, -0.1) is 0 Å². The smallest absolute Gasteiger partial charge is 0.238 e. The van der Waals surface area contributed by atoms with E-state index in [4.69, 9.17) is 10.2 Å². The van der Waals surface area contributed by atoms with Crippen molar-refractivity contribution in [1.82, 2.24) is 5.32 Å². The average molecular weight is 260 g/mol. The van der Waals surface area contributed by atoms with Gasteiger partial charge in [-0.1, -0.05) is 6.07 Å². The second-order valence-electron chi connectivity index (χ2n) is 3.59. The van der Waals surface area contributed by atoms with Crippen LogP contribution < -0.4 is 10.6 Å². The summed E-state index contributed by atoms with van der Waals surface area (Å²) in [4.78, 5) is 11.4. The normalized spacial score (nSPS) is 10.7. The zero-order valence-electron chi connectivity index (χ0n) is 9.49. The van der Waals surface area contributed by atoms with Gasteiger partial charge in [-0.3, -0.25) is 4.79 Å². The predicted octanol–water partition coefficient (Wildman–Crippen LogP) is -0.154. The fourth-order valence-electron chi connectivity index (χ4n) is 1.22. The lowest BCUT2D eigenvalue weighted by Gasteiger charge is -2.13. The third-order valence-electron chi connectivity index (χ3n) is 2.22. The van der Waals surface area contributed by atoms with Crippen LogP contribution in [0.2, 0.25) is 0 Å². The van der Waals surface area contributed by atoms with Gasteiger partial charge in [0.05, 0.1) is 25.8 Å². The van der Waals surface area contributed by atoms with Crippen LogP contribution in [0.5, 0.6) is 0 Å². The number of para-hydroxylation sites is 1. The third kappa shape index (κ3) is 4.02. The molecule has 1 aromatic carbocycles. The zero-order chi connectivity index (χ0) is 13.5. The molecular formula is C11H14F2N2O3. The highest BCUT2D eigenvalue weighted by molar-refractivity contribution is 5.92. The van der Waals surface area contributed by atoms with E-state index in [0.717, 1.165) is 12.1 Å². The van der Waals surface area contributed by atoms with E-state index in [2.05, 4.69) is 10.6 Å². The third-order valence-corrected chi connectivity index (χ3v) is 2.22. The van der Waals surface area contributed by atoms with E-state index in [1.165, 1.54) is 6.07 Å². The highest BCUT2D eigenvalue weighted by atomic mass is 19.1. The number of aliphatic hydroxyl groups excluding tert-OH is 2. The number of rotatable bonds is 6. The minimum atomic E-state index is -0.871. The van der Waals surface area contributed by atoms with Gasteiger partial charge < -0.3 is 20.8 Å². The first-order chi connectivity index (χ1) is 8.58. The fraction of sp³-hybridized carbons (Fsp3) is 0.364. The Bertz CT molecular complexity index is 391. The van der Waals surface area contributed by atoms with Gasteiger partial charge in [-0.05, 0) is 12.1 Å². The summed E-state index contributed by atoms with van der Waals surface area (Å²) in [6.45, 7) is -0.977. The highest BCUT2D eigenvalue weighted by Gasteiger charge is 2.13. The topological polar surface area (TPSA) is 81.6 Å². The van der Waals surface area contributed by atoms with E-state index in [-0.39, 0.29) is 19.8 Å². The van der Waals surface area contributed by atoms with E-state index in [9.17, 15) is 13.6 Å². The van der Waals surface area contributed by atoms with Gasteiger partial charge in [0.25, 0.3) is 0 Å². The van der Waals surface area contributed by atoms with E-state index in [1.807, 2.05) is 0 Å². The summed E-state index contributed by atoms with van der Waals surface area (Å²) >= 11 is 0. The molecule has 0 saturated heterocycles. The predicted molar refractivity (Wildman–Crippen MR) is 61.0 cm³/mol. The van der Waals surface area contributed by atoms with E-state index < -0.39 is 29.3 Å². The lowest BCUT2D eigenvalue weighted by Crippen LogP contribution is -2.40. The molecular weight excluding hydrogens is 246 g/mol. The van der Waals surface area contributed by atoms with Gasteiger partial charge in [0.15, 0.2) is 0 Å². The summed E-state index contributed by atoms with van der Waals surface area (Å²) in [6, 6.07) is 2.58. The number of aliphatic hydroxyl groups is 2. The first-order valence-corrected chi connectivity index (χ1v) is 5.27. The molecule has 18 heavy (non-hydrogen) atoms. The van der Waals surface area contributed by atoms with Crippen LogP contribution in [-0.4, -0.2) is 41.9 Å². The molecule has 0 spiro atoms. The average Bonchev–Trinajstić information content (AvgIpc) is 2.35. The molecule has 0 fully saturated rings. The standard InChI is InChI=1S/C11H14F2N2O3/c12-8-2-1-3-9(13)11(8)15-10(18)4-14-7(5-16)6-17/h1-3,7,14,16-17H,4-6H2,(H,15,18). The van der Waals surface area contributed by atoms with Crippen molar-refractivity contribution >= 4 is 11.6 Å². The summed E-state index contributed by atoms with van der Waals surface area (Å²) in [5.74, 6) is -2.42. The first kappa shape index (κ1) is 14.5. The Labute approximate surface area is 102 Å². The summed E-state index contributed by atoms with van der Waals surface area (Å²) < 4.78 is 26.4. The number of carbonyl (C=O) groups is 1. The van der Waals surface area contributed by atoms with Crippen molar-refractivity contribution in [3.05, 3.63) is 29.8 Å². The molecule has 5 nitrogen and oxygen atoms in total. The second-order valence-corrected chi connectivity index (χ2v) is 3.59. The molecule has 0 aromatic heterocycles. The van der Waals surface area contributed by atoms with Crippen LogP contribution in [0.4, 0.5) is 14.5 Å². The van der Waals surface area contributed by atoms with Gasteiger partial charge in [0.2, 0.25) is 5.91 Å². The Hall–Kier alpha value is -1.57. The molecule has 0 saturated carbocycles. The molecule has 0 atom stereocenters. The number of amides is 1. The Morgan fingerprint density at radius 2 is 1.78 bits per heavy atom. The molecule has 1 aromatic rings. The molecule has 1 rings (SSSR count). The Balaban J connectivity index is 2.55. The first-order valence-electron chi connectivity index (χ1n) is 5.27. The van der Waals surface area contributed by atoms with E-state index in [0.29, 0.717) is 0 Å². The number of anilines is 1. The molecule has 0 bridgehead atoms. The number of nitrogens with one attached hydrogen (secondary N) is 2. The lowest BCUT2D eigenvalue weighted by molar-refractivity contribution is -0.115. The molecule has 100 valence electrons. The lowest BCUT2D eigenvalue weighted by atomic mass is 10.3. The molecule has 1 amide bonds. The SMILES string of the molecule is O=C(CNC(CO)CO)Nc1c(F)cccc1F. The molecule has 0 aliphatic heterocycles. The summed E-state index contributed by atoms with van der Waals surface area (Å²) in [6.07, 6.45) is 0. The molecule has 0 unspecified atom stereocenters. The van der Waals surface area contributed by atoms with Crippen LogP contribution in [0.25, 0.3) is 0 Å². The molecule has 0 aliphatic rings. The van der Waals surface area contributed by atoms with Crippen molar-refractivity contribution in [1.29, 1.82) is 0 Å². The van der Waals surface area contributed by atoms with Gasteiger partial charge in [-0.2, -0.15) is 0 Å². The van der Waals surface area contributed by atoms with Crippen molar-refractivity contribution in [3.8, 4) is 0 Å². The van der Waals surface area contributed by atoms with E-state index >= 15 is 0 Å². The van der Waals surface area contributed by atoms with Gasteiger partial charge in [0, 0.05) is 0 Å². The van der Waals surface area contributed by atoms with Crippen LogP contribution in [-0.2, 0) is 4.79 Å². The monoisotopic (exact) mass is 260 g/mol. The maximum atomic E-state index is 13.2. The summed E-state index contributed by atoms with van der Waals surface area (Å²) in [5.41, 5.74) is -0.520. The van der Waals surface area contributed by atoms with Crippen LogP contribution in [0.3, 0.4) is 0 Å². The largest absolute Gasteiger partial charge is 0.395 e. The number of hydrogen-bond donors (Lipinski definition) is 4. The summed E-state index contributed by atoms with van der Waals surface area (Å²) in [5, 5.41) is 22.1. The number of hydrogen-bond acceptors (Lipinski definition) is 4. The second kappa shape index (κ2) is 7.00. The zero-order valence-corrected chi connectivity index (χ0v) is 9.49. The maximum Gasteiger partial charge on any atom is 0.238 e. The van der Waals surface area contributed by atoms with Crippen molar-refractivity contribution in [3.63, 3.8) is 0 Å². The maximum absolute atomic E-state index is 13.2. The summed E-state index contributed by atoms with van der Waals surface area (Å²) in [7, 11) is 0. The molecule has 4 N–H and O–H groups in total. The van der Waals surface area contributed by atoms with Crippen LogP contribution in [0, 0.1) is 11.6 Å². The van der Waals surface area contributed by atoms with Gasteiger partial charge in [-0.25, -0.2) is 8.78 Å². The molecule has 0 radical (unpaired) electrons. The number of benzene rings is 1. The van der Waals surface area contributed by atoms with Crippen molar-refractivity contribution in [2.24, 2.45) is 0 Å². The minimum absolute atomic E-state index is 0.278. The molecule has 0 heterocycles. The Morgan fingerprint density at radius 1 is 1.22 bits per heavy atom. The van der Waals surface area contributed by atoms with Crippen molar-refractivity contribution in [2.75, 3.05) is 25.1 Å². The van der Waals surface area contributed by atoms with E-state index in [1.54, 1.807) is 0 Å². The van der Waals surface area contributed by atoms with Gasteiger partial charge >= 0.3 is 0 Å². The number of carbonyl (C=O) groups excluding carboxylic acids is 1. The molecule has 0 aliphatic carbocycles. The Morgan fingerprint density at radius 3 is 2.28 bits per heavy atom. The van der Waals surface area contributed by atoms with Crippen molar-refractivity contribution < 1.29 is 23.8 Å². The molecule has 7 heteroatoms. The van der Waals surface area contributed by atoms with Crippen LogP contribution >= 0.6 is 0 Å². The Kier molecular flexibility index (Phi) is 5.63. The van der Waals surface area contributed by atoms with Crippen molar-refractivity contribution in [2.45, 2.75) is 6.04 Å². The van der Waals surface area contributed by atoms with Crippen LogP contribution in [0.1, 0.15) is 0 Å². The van der Waals surface area contributed by atoms with Crippen LogP contribution in [0.15, 0.2) is 18.2 Å². The number of halogens is 2. The van der Waals surface area contributed by atoms with Gasteiger partial charge in [0.1, 0.15) is 17.3 Å². The quantitative estimate of drug-likeness (QED) is 0.573.